The third-order valence-electron chi connectivity index (χ3n) is 6.83. The summed E-state index contributed by atoms with van der Waals surface area (Å²) in [5.74, 6) is 0.270. The van der Waals surface area contributed by atoms with Gasteiger partial charge in [0.2, 0.25) is 5.91 Å². The fourth-order valence-corrected chi connectivity index (χ4v) is 4.34. The molecule has 0 atom stereocenters. The van der Waals surface area contributed by atoms with Crippen LogP contribution in [0.4, 0.5) is 5.69 Å². The first kappa shape index (κ1) is 28.1. The van der Waals surface area contributed by atoms with Crippen molar-refractivity contribution in [2.75, 3.05) is 44.2 Å². The molecule has 9 nitrogen and oxygen atoms in total. The standard InChI is InChI=1S/C28H39N5O4/c1-20(2)11-14-33(24-19-29(5)28(37)30(6)27(24)36)25(34)12-13-31-15-17-32(18-16-31)26(35)23-9-7-22(8-10-23)21(3)4/h7-11,19,21H,12-18H2,1-6H3. The molecule has 1 fully saturated rings. The molecule has 2 amide bonds. The van der Waals surface area contributed by atoms with Crippen molar-refractivity contribution < 1.29 is 9.59 Å². The molecule has 2 heterocycles. The van der Waals surface area contributed by atoms with Gasteiger partial charge >= 0.3 is 5.69 Å². The maximum absolute atomic E-state index is 13.3. The lowest BCUT2D eigenvalue weighted by molar-refractivity contribution is -0.118. The zero-order valence-electron chi connectivity index (χ0n) is 22.9. The van der Waals surface area contributed by atoms with Gasteiger partial charge < -0.3 is 14.4 Å². The maximum Gasteiger partial charge on any atom is 0.330 e. The van der Waals surface area contributed by atoms with E-state index in [1.165, 1.54) is 28.3 Å². The van der Waals surface area contributed by atoms with Crippen molar-refractivity contribution in [1.82, 2.24) is 18.9 Å². The molecule has 37 heavy (non-hydrogen) atoms. The molecule has 200 valence electrons. The first-order chi connectivity index (χ1) is 17.5. The summed E-state index contributed by atoms with van der Waals surface area (Å²) in [5, 5.41) is 0. The van der Waals surface area contributed by atoms with Gasteiger partial charge in [-0.2, -0.15) is 0 Å². The second-order valence-corrected chi connectivity index (χ2v) is 10.2. The number of piperazine rings is 1. The second kappa shape index (κ2) is 12.2. The number of amides is 2. The summed E-state index contributed by atoms with van der Waals surface area (Å²) in [6.45, 7) is 11.5. The van der Waals surface area contributed by atoms with Gasteiger partial charge in [0, 0.05) is 71.5 Å². The van der Waals surface area contributed by atoms with Crippen LogP contribution in [0.15, 0.2) is 51.7 Å². The highest BCUT2D eigenvalue weighted by Gasteiger charge is 2.25. The predicted molar refractivity (Wildman–Crippen MR) is 146 cm³/mol. The molecule has 1 aromatic heterocycles. The average molecular weight is 510 g/mol. The minimum absolute atomic E-state index is 0.0319. The minimum atomic E-state index is -0.493. The van der Waals surface area contributed by atoms with E-state index in [4.69, 9.17) is 0 Å². The zero-order chi connectivity index (χ0) is 27.3. The molecule has 0 bridgehead atoms. The Kier molecular flexibility index (Phi) is 9.26. The Bertz CT molecular complexity index is 1260. The van der Waals surface area contributed by atoms with E-state index >= 15 is 0 Å². The van der Waals surface area contributed by atoms with Crippen LogP contribution < -0.4 is 16.1 Å². The number of rotatable bonds is 8. The minimum Gasteiger partial charge on any atom is -0.336 e. The van der Waals surface area contributed by atoms with Gasteiger partial charge in [-0.15, -0.1) is 0 Å². The molecular formula is C28H39N5O4. The number of hydrogen-bond acceptors (Lipinski definition) is 5. The fraction of sp³-hybridized carbons (Fsp3) is 0.500. The molecule has 0 saturated carbocycles. The summed E-state index contributed by atoms with van der Waals surface area (Å²) in [7, 11) is 2.98. The molecule has 1 saturated heterocycles. The summed E-state index contributed by atoms with van der Waals surface area (Å²) in [4.78, 5) is 56.6. The van der Waals surface area contributed by atoms with Gasteiger partial charge in [0.1, 0.15) is 5.69 Å². The molecule has 0 unspecified atom stereocenters. The Labute approximate surface area is 218 Å². The topological polar surface area (TPSA) is 87.9 Å². The van der Waals surface area contributed by atoms with E-state index in [0.29, 0.717) is 44.2 Å². The SMILES string of the molecule is CC(C)=CCN(C(=O)CCN1CCN(C(=O)c2ccc(C(C)C)cc2)CC1)c1cn(C)c(=O)n(C)c1=O. The van der Waals surface area contributed by atoms with E-state index in [1.807, 2.05) is 49.1 Å². The lowest BCUT2D eigenvalue weighted by Gasteiger charge is -2.35. The van der Waals surface area contributed by atoms with Crippen molar-refractivity contribution in [3.63, 3.8) is 0 Å². The lowest BCUT2D eigenvalue weighted by atomic mass is 10.0. The highest BCUT2D eigenvalue weighted by atomic mass is 16.2. The molecule has 1 aromatic carbocycles. The largest absolute Gasteiger partial charge is 0.336 e. The molecule has 0 N–H and O–H groups in total. The van der Waals surface area contributed by atoms with E-state index < -0.39 is 11.2 Å². The van der Waals surface area contributed by atoms with Crippen LogP contribution in [-0.4, -0.2) is 70.0 Å². The van der Waals surface area contributed by atoms with Crippen molar-refractivity contribution in [3.05, 3.63) is 74.1 Å². The van der Waals surface area contributed by atoms with Crippen LogP contribution >= 0.6 is 0 Å². The number of hydrogen-bond donors (Lipinski definition) is 0. The highest BCUT2D eigenvalue weighted by molar-refractivity contribution is 5.94. The van der Waals surface area contributed by atoms with Gasteiger partial charge in [-0.05, 0) is 37.5 Å². The summed E-state index contributed by atoms with van der Waals surface area (Å²) < 4.78 is 2.33. The van der Waals surface area contributed by atoms with Crippen molar-refractivity contribution in [3.8, 4) is 0 Å². The summed E-state index contributed by atoms with van der Waals surface area (Å²) in [6.07, 6.45) is 3.55. The van der Waals surface area contributed by atoms with Crippen LogP contribution in [0.5, 0.6) is 0 Å². The molecule has 2 aromatic rings. The van der Waals surface area contributed by atoms with Gasteiger partial charge in [0.15, 0.2) is 0 Å². The van der Waals surface area contributed by atoms with Crippen LogP contribution in [0.1, 0.15) is 56.0 Å². The zero-order valence-corrected chi connectivity index (χ0v) is 22.9. The molecule has 1 aliphatic rings. The molecule has 0 radical (unpaired) electrons. The number of nitrogens with zero attached hydrogens (tertiary/aromatic N) is 5. The van der Waals surface area contributed by atoms with Crippen molar-refractivity contribution in [1.29, 1.82) is 0 Å². The number of carbonyl (C=O) groups is 2. The second-order valence-electron chi connectivity index (χ2n) is 10.2. The number of anilines is 1. The maximum atomic E-state index is 13.3. The lowest BCUT2D eigenvalue weighted by Crippen LogP contribution is -2.49. The van der Waals surface area contributed by atoms with Crippen molar-refractivity contribution in [2.24, 2.45) is 14.1 Å². The van der Waals surface area contributed by atoms with E-state index in [0.717, 1.165) is 10.1 Å². The van der Waals surface area contributed by atoms with Crippen LogP contribution in [0.25, 0.3) is 0 Å². The summed E-state index contributed by atoms with van der Waals surface area (Å²) >= 11 is 0. The first-order valence-corrected chi connectivity index (χ1v) is 12.8. The Morgan fingerprint density at radius 1 is 1.00 bits per heavy atom. The Hall–Kier alpha value is -3.46. The van der Waals surface area contributed by atoms with Gasteiger partial charge in [-0.3, -0.25) is 23.9 Å². The number of benzene rings is 1. The van der Waals surface area contributed by atoms with Crippen LogP contribution in [0.3, 0.4) is 0 Å². The quantitative estimate of drug-likeness (QED) is 0.510. The Morgan fingerprint density at radius 2 is 1.62 bits per heavy atom. The summed E-state index contributed by atoms with van der Waals surface area (Å²) in [6, 6.07) is 7.82. The van der Waals surface area contributed by atoms with Crippen LogP contribution in [0.2, 0.25) is 0 Å². The van der Waals surface area contributed by atoms with E-state index in [1.54, 1.807) is 7.05 Å². The van der Waals surface area contributed by atoms with Crippen molar-refractivity contribution >= 4 is 17.5 Å². The first-order valence-electron chi connectivity index (χ1n) is 12.8. The number of allylic oxidation sites excluding steroid dienone is 1. The molecule has 3 rings (SSSR count). The number of carbonyl (C=O) groups excluding carboxylic acids is 2. The normalized spacial score (nSPS) is 14.1. The van der Waals surface area contributed by atoms with E-state index in [-0.39, 0.29) is 30.5 Å². The number of aromatic nitrogens is 2. The third kappa shape index (κ3) is 6.85. The average Bonchev–Trinajstić information content (AvgIpc) is 2.88. The van der Waals surface area contributed by atoms with Crippen LogP contribution in [0, 0.1) is 0 Å². The third-order valence-corrected chi connectivity index (χ3v) is 6.83. The molecule has 0 aliphatic carbocycles. The molecule has 1 aliphatic heterocycles. The predicted octanol–water partition coefficient (Wildman–Crippen LogP) is 2.35. The molecular weight excluding hydrogens is 470 g/mol. The smallest absolute Gasteiger partial charge is 0.330 e. The highest BCUT2D eigenvalue weighted by Crippen LogP contribution is 2.17. The van der Waals surface area contributed by atoms with E-state index in [2.05, 4.69) is 18.7 Å². The monoisotopic (exact) mass is 509 g/mol. The number of aryl methyl sites for hydroxylation is 1. The van der Waals surface area contributed by atoms with Gasteiger partial charge in [-0.1, -0.05) is 37.6 Å². The van der Waals surface area contributed by atoms with Gasteiger partial charge in [-0.25, -0.2) is 4.79 Å². The molecule has 0 spiro atoms. The van der Waals surface area contributed by atoms with E-state index in [9.17, 15) is 19.2 Å². The Morgan fingerprint density at radius 3 is 2.19 bits per heavy atom. The van der Waals surface area contributed by atoms with Gasteiger partial charge in [0.05, 0.1) is 0 Å². The Balaban J connectivity index is 1.62. The van der Waals surface area contributed by atoms with Crippen molar-refractivity contribution in [2.45, 2.75) is 40.0 Å². The van der Waals surface area contributed by atoms with Gasteiger partial charge in [0.25, 0.3) is 11.5 Å². The van der Waals surface area contributed by atoms with Crippen LogP contribution in [-0.2, 0) is 18.9 Å². The fourth-order valence-electron chi connectivity index (χ4n) is 4.34. The molecule has 9 heteroatoms. The summed E-state index contributed by atoms with van der Waals surface area (Å²) in [5.41, 5.74) is 2.19.